The van der Waals surface area contributed by atoms with Crippen LogP contribution in [-0.2, 0) is 44.6 Å². The van der Waals surface area contributed by atoms with Crippen LogP contribution in [0.5, 0.6) is 0 Å². The van der Waals surface area contributed by atoms with Crippen molar-refractivity contribution in [2.75, 3.05) is 19.8 Å². The standard InChI is InChI=1S/C62H106N2O9/c1-4-7-10-13-16-19-22-24-26-28-30-33-36-39-42-46-59(65)70-54-58(55-71-60(66)47-43-40-37-34-31-29-27-25-23-20-17-14-11-8-5-2)72-61(67)49-48-57(45-41-38-35-32-21-18-15-12-9-6-3)73-62(68)69-53-44-51-64-52-50-63-56-64/h16-17,19-20,24-27,50,52,56-58H,4-15,18,21-23,28-49,51,53-55H2,1-3H3/b19-16-,20-17-,26-24-,27-25-. The highest BCUT2D eigenvalue weighted by Crippen LogP contribution is 2.18. The number of carbonyl (C=O) groups excluding carboxylic acids is 4. The third-order valence-corrected chi connectivity index (χ3v) is 13.0. The Bertz CT molecular complexity index is 1480. The summed E-state index contributed by atoms with van der Waals surface area (Å²) >= 11 is 0. The van der Waals surface area contributed by atoms with Gasteiger partial charge in [-0.15, -0.1) is 0 Å². The summed E-state index contributed by atoms with van der Waals surface area (Å²) in [6.45, 7) is 7.16. The number of imidazole rings is 1. The molecule has 0 N–H and O–H groups in total. The first-order valence-corrected chi connectivity index (χ1v) is 29.8. The van der Waals surface area contributed by atoms with Crippen molar-refractivity contribution < 1.29 is 42.9 Å². The zero-order valence-corrected chi connectivity index (χ0v) is 46.8. The van der Waals surface area contributed by atoms with E-state index in [0.717, 1.165) is 109 Å². The Morgan fingerprint density at radius 2 is 0.877 bits per heavy atom. The number of hydrogen-bond acceptors (Lipinski definition) is 10. The van der Waals surface area contributed by atoms with Gasteiger partial charge in [0, 0.05) is 38.2 Å². The van der Waals surface area contributed by atoms with Gasteiger partial charge in [0.2, 0.25) is 0 Å². The van der Waals surface area contributed by atoms with Gasteiger partial charge in [0.25, 0.3) is 0 Å². The van der Waals surface area contributed by atoms with Crippen molar-refractivity contribution >= 4 is 24.1 Å². The molecule has 1 rings (SSSR count). The zero-order chi connectivity index (χ0) is 52.8. The van der Waals surface area contributed by atoms with Crippen LogP contribution in [0.2, 0.25) is 0 Å². The molecule has 1 aromatic rings. The minimum Gasteiger partial charge on any atom is -0.462 e. The Kier molecular flexibility index (Phi) is 48.3. The van der Waals surface area contributed by atoms with Crippen LogP contribution in [0.25, 0.3) is 0 Å². The lowest BCUT2D eigenvalue weighted by molar-refractivity contribution is -0.167. The van der Waals surface area contributed by atoms with Crippen LogP contribution in [0.1, 0.15) is 265 Å². The molecule has 1 heterocycles. The van der Waals surface area contributed by atoms with Crippen molar-refractivity contribution in [1.29, 1.82) is 0 Å². The number of nitrogens with zero attached hydrogens (tertiary/aromatic N) is 2. The Hall–Kier alpha value is -4.15. The molecule has 1 atom stereocenters. The van der Waals surface area contributed by atoms with Crippen LogP contribution >= 0.6 is 0 Å². The number of hydrogen-bond donors (Lipinski definition) is 0. The number of rotatable bonds is 52. The molecule has 0 fully saturated rings. The number of allylic oxidation sites excluding steroid dienone is 8. The van der Waals surface area contributed by atoms with Crippen molar-refractivity contribution in [2.24, 2.45) is 0 Å². The normalized spacial score (nSPS) is 12.2. The summed E-state index contributed by atoms with van der Waals surface area (Å²) in [4.78, 5) is 55.8. The molecular weight excluding hydrogens is 917 g/mol. The van der Waals surface area contributed by atoms with Crippen molar-refractivity contribution in [3.63, 3.8) is 0 Å². The third kappa shape index (κ3) is 47.3. The fourth-order valence-electron chi connectivity index (χ4n) is 8.43. The van der Waals surface area contributed by atoms with Gasteiger partial charge in [0.05, 0.1) is 12.9 Å². The smallest absolute Gasteiger partial charge is 0.462 e. The average Bonchev–Trinajstić information content (AvgIpc) is 3.92. The molecule has 0 saturated carbocycles. The molecule has 11 nitrogen and oxygen atoms in total. The van der Waals surface area contributed by atoms with E-state index >= 15 is 0 Å². The van der Waals surface area contributed by atoms with Gasteiger partial charge in [0.1, 0.15) is 19.3 Å². The van der Waals surface area contributed by atoms with E-state index in [9.17, 15) is 19.2 Å². The predicted octanol–water partition coefficient (Wildman–Crippen LogP) is 17.5. The number of aromatic nitrogens is 2. The summed E-state index contributed by atoms with van der Waals surface area (Å²) in [7, 11) is 0. The van der Waals surface area contributed by atoms with E-state index in [1.165, 1.54) is 96.3 Å². The van der Waals surface area contributed by atoms with Crippen molar-refractivity contribution in [1.82, 2.24) is 9.55 Å². The average molecular weight is 1020 g/mol. The summed E-state index contributed by atoms with van der Waals surface area (Å²) in [5.41, 5.74) is 0. The summed E-state index contributed by atoms with van der Waals surface area (Å²) in [5.74, 6) is -1.27. The van der Waals surface area contributed by atoms with E-state index < -0.39 is 24.3 Å². The maximum atomic E-state index is 13.4. The maximum absolute atomic E-state index is 13.4. The van der Waals surface area contributed by atoms with Gasteiger partial charge < -0.3 is 28.3 Å². The number of unbranched alkanes of at least 4 members (excludes halogenated alkanes) is 25. The molecule has 11 heteroatoms. The van der Waals surface area contributed by atoms with Crippen LogP contribution < -0.4 is 0 Å². The second-order valence-corrected chi connectivity index (χ2v) is 19.9. The molecule has 73 heavy (non-hydrogen) atoms. The van der Waals surface area contributed by atoms with E-state index in [-0.39, 0.29) is 57.4 Å². The summed E-state index contributed by atoms with van der Waals surface area (Å²) in [6.07, 6.45) is 59.0. The largest absolute Gasteiger partial charge is 0.508 e. The molecule has 0 aliphatic heterocycles. The molecule has 1 aromatic heterocycles. The lowest BCUT2D eigenvalue weighted by Crippen LogP contribution is -2.31. The van der Waals surface area contributed by atoms with E-state index in [1.54, 1.807) is 12.5 Å². The van der Waals surface area contributed by atoms with Crippen molar-refractivity contribution in [3.8, 4) is 0 Å². The van der Waals surface area contributed by atoms with Gasteiger partial charge >= 0.3 is 24.1 Å². The highest BCUT2D eigenvalue weighted by molar-refractivity contribution is 5.71. The number of carbonyl (C=O) groups is 4. The lowest BCUT2D eigenvalue weighted by atomic mass is 10.0. The zero-order valence-electron chi connectivity index (χ0n) is 46.8. The van der Waals surface area contributed by atoms with E-state index in [4.69, 9.17) is 23.7 Å². The topological polar surface area (TPSA) is 132 Å². The predicted molar refractivity (Wildman–Crippen MR) is 299 cm³/mol. The molecule has 0 amide bonds. The number of ether oxygens (including phenoxy) is 5. The van der Waals surface area contributed by atoms with E-state index in [0.29, 0.717) is 19.4 Å². The SMILES string of the molecule is CCCCC/C=C\C/C=C\CCCCCCCC(=O)OCC(COC(=O)CCCCCCC/C=C\C/C=C\CCCCC)OC(=O)CCC(CCCCCCCCCCCC)OC(=O)OCCCn1ccnc1. The van der Waals surface area contributed by atoms with Crippen LogP contribution in [-0.4, -0.2) is 65.6 Å². The first kappa shape index (κ1) is 66.9. The molecule has 0 aromatic carbocycles. The lowest BCUT2D eigenvalue weighted by Gasteiger charge is -2.20. The molecular formula is C62H106N2O9. The summed E-state index contributed by atoms with van der Waals surface area (Å²) < 4.78 is 30.1. The highest BCUT2D eigenvalue weighted by atomic mass is 16.7. The fraction of sp³-hybridized carbons (Fsp3) is 0.758. The molecule has 0 aliphatic carbocycles. The molecule has 418 valence electrons. The summed E-state index contributed by atoms with van der Waals surface area (Å²) in [5, 5.41) is 0. The Morgan fingerprint density at radius 3 is 1.36 bits per heavy atom. The quantitative estimate of drug-likeness (QED) is 0.0269. The minimum absolute atomic E-state index is 0.0212. The molecule has 0 saturated heterocycles. The van der Waals surface area contributed by atoms with Gasteiger partial charge in [-0.2, -0.15) is 0 Å². The van der Waals surface area contributed by atoms with Gasteiger partial charge in [-0.05, 0) is 103 Å². The Balaban J connectivity index is 2.65. The first-order valence-electron chi connectivity index (χ1n) is 29.8. The van der Waals surface area contributed by atoms with Gasteiger partial charge in [-0.25, -0.2) is 9.78 Å². The van der Waals surface area contributed by atoms with Crippen LogP contribution in [0.3, 0.4) is 0 Å². The van der Waals surface area contributed by atoms with Crippen molar-refractivity contribution in [2.45, 2.75) is 284 Å². The molecule has 0 aliphatic rings. The Morgan fingerprint density at radius 1 is 0.438 bits per heavy atom. The second-order valence-electron chi connectivity index (χ2n) is 19.9. The van der Waals surface area contributed by atoms with Crippen LogP contribution in [0.4, 0.5) is 4.79 Å². The first-order chi connectivity index (χ1) is 35.9. The van der Waals surface area contributed by atoms with Gasteiger partial charge in [-0.1, -0.05) is 191 Å². The van der Waals surface area contributed by atoms with Gasteiger partial charge in [-0.3, -0.25) is 14.4 Å². The molecule has 0 bridgehead atoms. The monoisotopic (exact) mass is 1020 g/mol. The van der Waals surface area contributed by atoms with Crippen LogP contribution in [0, 0.1) is 0 Å². The minimum atomic E-state index is -0.948. The van der Waals surface area contributed by atoms with Crippen LogP contribution in [0.15, 0.2) is 67.3 Å². The van der Waals surface area contributed by atoms with E-state index in [2.05, 4.69) is 74.4 Å². The molecule has 0 spiro atoms. The number of esters is 3. The van der Waals surface area contributed by atoms with Gasteiger partial charge in [0.15, 0.2) is 6.10 Å². The Labute approximate surface area is 445 Å². The summed E-state index contributed by atoms with van der Waals surface area (Å²) in [6, 6.07) is 0. The molecule has 1 unspecified atom stereocenters. The third-order valence-electron chi connectivity index (χ3n) is 13.0. The number of aryl methyl sites for hydroxylation is 1. The highest BCUT2D eigenvalue weighted by Gasteiger charge is 2.22. The van der Waals surface area contributed by atoms with E-state index in [1.807, 2.05) is 10.8 Å². The second kappa shape index (κ2) is 52.7. The van der Waals surface area contributed by atoms with Crippen molar-refractivity contribution in [3.05, 3.63) is 67.3 Å². The maximum Gasteiger partial charge on any atom is 0.508 e. The molecule has 0 radical (unpaired) electrons. The fourth-order valence-corrected chi connectivity index (χ4v) is 8.43.